The van der Waals surface area contributed by atoms with Crippen LogP contribution in [0.15, 0.2) is 24.3 Å². The summed E-state index contributed by atoms with van der Waals surface area (Å²) >= 11 is 5.94. The zero-order valence-corrected chi connectivity index (χ0v) is 10.7. The Morgan fingerprint density at radius 1 is 1.35 bits per heavy atom. The number of Topliss-reactive ketones (excluding diaryl/α,β-unsaturated/α-hetero) is 1. The molecule has 0 amide bonds. The highest BCUT2D eigenvalue weighted by atomic mass is 35.5. The zero-order valence-electron chi connectivity index (χ0n) is 9.90. The van der Waals surface area contributed by atoms with E-state index in [-0.39, 0.29) is 5.78 Å². The molecule has 0 bridgehead atoms. The molecule has 4 heteroatoms. The van der Waals surface area contributed by atoms with E-state index in [2.05, 4.69) is 0 Å². The van der Waals surface area contributed by atoms with Gasteiger partial charge in [-0.1, -0.05) is 37.1 Å². The van der Waals surface area contributed by atoms with Crippen molar-refractivity contribution in [2.24, 2.45) is 0 Å². The average molecular weight is 255 g/mol. The van der Waals surface area contributed by atoms with Crippen molar-refractivity contribution in [3.05, 3.63) is 34.9 Å². The minimum Gasteiger partial charge on any atom is -0.454 e. The molecule has 3 nitrogen and oxygen atoms in total. The summed E-state index contributed by atoms with van der Waals surface area (Å²) in [5.41, 5.74) is 0.397. The molecule has 1 unspecified atom stereocenters. The first-order valence-electron chi connectivity index (χ1n) is 5.52. The number of ketones is 1. The second kappa shape index (κ2) is 6.40. The van der Waals surface area contributed by atoms with Crippen molar-refractivity contribution in [1.29, 1.82) is 0 Å². The van der Waals surface area contributed by atoms with Crippen molar-refractivity contribution in [2.75, 3.05) is 0 Å². The van der Waals surface area contributed by atoms with Crippen LogP contribution < -0.4 is 0 Å². The standard InChI is InChI=1S/C13H15ClO3/c1-3-6-12(17-9(2)15)13(16)10-7-4-5-8-11(10)14/h4-5,7-8,12H,3,6H2,1-2H3. The second-order valence-electron chi connectivity index (χ2n) is 3.73. The molecule has 0 saturated heterocycles. The molecule has 1 aromatic rings. The highest BCUT2D eigenvalue weighted by molar-refractivity contribution is 6.34. The first-order chi connectivity index (χ1) is 8.06. The van der Waals surface area contributed by atoms with Crippen LogP contribution in [0.3, 0.4) is 0 Å². The van der Waals surface area contributed by atoms with E-state index < -0.39 is 12.1 Å². The highest BCUT2D eigenvalue weighted by Crippen LogP contribution is 2.19. The van der Waals surface area contributed by atoms with Crippen LogP contribution in [0.5, 0.6) is 0 Å². The summed E-state index contributed by atoms with van der Waals surface area (Å²) in [4.78, 5) is 23.1. The summed E-state index contributed by atoms with van der Waals surface area (Å²) in [7, 11) is 0. The Balaban J connectivity index is 2.91. The topological polar surface area (TPSA) is 43.4 Å². The third-order valence-electron chi connectivity index (χ3n) is 2.29. The van der Waals surface area contributed by atoms with Crippen molar-refractivity contribution in [1.82, 2.24) is 0 Å². The average Bonchev–Trinajstić information content (AvgIpc) is 2.28. The van der Waals surface area contributed by atoms with Gasteiger partial charge < -0.3 is 4.74 Å². The second-order valence-corrected chi connectivity index (χ2v) is 4.14. The molecule has 92 valence electrons. The molecule has 0 aliphatic carbocycles. The van der Waals surface area contributed by atoms with E-state index in [1.165, 1.54) is 6.92 Å². The smallest absolute Gasteiger partial charge is 0.303 e. The van der Waals surface area contributed by atoms with Gasteiger partial charge in [0.15, 0.2) is 6.10 Å². The van der Waals surface area contributed by atoms with Gasteiger partial charge in [-0.25, -0.2) is 0 Å². The molecular weight excluding hydrogens is 240 g/mol. The fourth-order valence-electron chi connectivity index (χ4n) is 1.54. The normalized spacial score (nSPS) is 11.9. The van der Waals surface area contributed by atoms with E-state index in [1.54, 1.807) is 24.3 Å². The Labute approximate surface area is 106 Å². The van der Waals surface area contributed by atoms with Crippen LogP contribution in [0.25, 0.3) is 0 Å². The van der Waals surface area contributed by atoms with Gasteiger partial charge in [-0.05, 0) is 18.6 Å². The van der Waals surface area contributed by atoms with Crippen LogP contribution in [0.2, 0.25) is 5.02 Å². The lowest BCUT2D eigenvalue weighted by Gasteiger charge is -2.15. The largest absolute Gasteiger partial charge is 0.454 e. The molecule has 0 aliphatic heterocycles. The zero-order chi connectivity index (χ0) is 12.8. The van der Waals surface area contributed by atoms with Crippen molar-refractivity contribution in [2.45, 2.75) is 32.8 Å². The van der Waals surface area contributed by atoms with E-state index in [1.807, 2.05) is 6.92 Å². The number of carbonyl (C=O) groups excluding carboxylic acids is 2. The maximum atomic E-state index is 12.1. The van der Waals surface area contributed by atoms with Gasteiger partial charge in [0.25, 0.3) is 0 Å². The number of rotatable bonds is 5. The molecule has 0 radical (unpaired) electrons. The summed E-state index contributed by atoms with van der Waals surface area (Å²) in [5, 5.41) is 0.380. The number of halogens is 1. The summed E-state index contributed by atoms with van der Waals surface area (Å²) in [6.45, 7) is 3.22. The summed E-state index contributed by atoms with van der Waals surface area (Å²) in [5.74, 6) is -0.698. The molecule has 1 atom stereocenters. The number of hydrogen-bond donors (Lipinski definition) is 0. The number of ether oxygens (including phenoxy) is 1. The van der Waals surface area contributed by atoms with E-state index in [9.17, 15) is 9.59 Å². The number of benzene rings is 1. The highest BCUT2D eigenvalue weighted by Gasteiger charge is 2.23. The summed E-state index contributed by atoms with van der Waals surface area (Å²) < 4.78 is 5.01. The van der Waals surface area contributed by atoms with Gasteiger partial charge in [0.1, 0.15) is 0 Å². The van der Waals surface area contributed by atoms with Gasteiger partial charge in [0.2, 0.25) is 5.78 Å². The van der Waals surface area contributed by atoms with Crippen molar-refractivity contribution < 1.29 is 14.3 Å². The predicted octanol–water partition coefficient (Wildman–Crippen LogP) is 3.25. The van der Waals surface area contributed by atoms with Crippen LogP contribution in [-0.2, 0) is 9.53 Å². The van der Waals surface area contributed by atoms with E-state index in [4.69, 9.17) is 16.3 Å². The molecule has 0 aliphatic rings. The first kappa shape index (κ1) is 13.7. The maximum Gasteiger partial charge on any atom is 0.303 e. The van der Waals surface area contributed by atoms with Crippen LogP contribution in [0.1, 0.15) is 37.0 Å². The minimum atomic E-state index is -0.739. The lowest BCUT2D eigenvalue weighted by Crippen LogP contribution is -2.26. The minimum absolute atomic E-state index is 0.243. The SMILES string of the molecule is CCCC(OC(C)=O)C(=O)c1ccccc1Cl. The van der Waals surface area contributed by atoms with Crippen LogP contribution in [0, 0.1) is 0 Å². The van der Waals surface area contributed by atoms with Gasteiger partial charge in [-0.15, -0.1) is 0 Å². The molecule has 0 aromatic heterocycles. The Morgan fingerprint density at radius 3 is 2.53 bits per heavy atom. The first-order valence-corrected chi connectivity index (χ1v) is 5.90. The fourth-order valence-corrected chi connectivity index (χ4v) is 1.77. The molecule has 0 saturated carbocycles. The Morgan fingerprint density at radius 2 is 2.00 bits per heavy atom. The predicted molar refractivity (Wildman–Crippen MR) is 66.2 cm³/mol. The molecule has 1 aromatic carbocycles. The van der Waals surface area contributed by atoms with Gasteiger partial charge in [-0.2, -0.15) is 0 Å². The number of esters is 1. The number of carbonyl (C=O) groups is 2. The van der Waals surface area contributed by atoms with Gasteiger partial charge in [0, 0.05) is 12.5 Å². The monoisotopic (exact) mass is 254 g/mol. The molecule has 0 heterocycles. The molecule has 17 heavy (non-hydrogen) atoms. The summed E-state index contributed by atoms with van der Waals surface area (Å²) in [6.07, 6.45) is 0.523. The Kier molecular flexibility index (Phi) is 5.16. The Bertz CT molecular complexity index is 415. The van der Waals surface area contributed by atoms with Gasteiger partial charge >= 0.3 is 5.97 Å². The molecular formula is C13H15ClO3. The maximum absolute atomic E-state index is 12.1. The summed E-state index contributed by atoms with van der Waals surface area (Å²) in [6, 6.07) is 6.76. The quantitative estimate of drug-likeness (QED) is 0.598. The van der Waals surface area contributed by atoms with Crippen molar-refractivity contribution in [3.63, 3.8) is 0 Å². The van der Waals surface area contributed by atoms with Crippen molar-refractivity contribution >= 4 is 23.4 Å². The molecule has 1 rings (SSSR count). The van der Waals surface area contributed by atoms with Gasteiger partial charge in [-0.3, -0.25) is 9.59 Å². The van der Waals surface area contributed by atoms with E-state index in [0.29, 0.717) is 17.0 Å². The lowest BCUT2D eigenvalue weighted by atomic mass is 10.0. The lowest BCUT2D eigenvalue weighted by molar-refractivity contribution is -0.144. The van der Waals surface area contributed by atoms with E-state index >= 15 is 0 Å². The van der Waals surface area contributed by atoms with Crippen LogP contribution in [-0.4, -0.2) is 17.9 Å². The molecule has 0 N–H and O–H groups in total. The Hall–Kier alpha value is -1.35. The number of hydrogen-bond acceptors (Lipinski definition) is 3. The van der Waals surface area contributed by atoms with Crippen LogP contribution in [0.4, 0.5) is 0 Å². The van der Waals surface area contributed by atoms with Crippen LogP contribution >= 0.6 is 11.6 Å². The van der Waals surface area contributed by atoms with Gasteiger partial charge in [0.05, 0.1) is 5.02 Å². The van der Waals surface area contributed by atoms with E-state index in [0.717, 1.165) is 6.42 Å². The fraction of sp³-hybridized carbons (Fsp3) is 0.385. The third-order valence-corrected chi connectivity index (χ3v) is 2.62. The molecule has 0 spiro atoms. The third kappa shape index (κ3) is 3.86. The van der Waals surface area contributed by atoms with Crippen molar-refractivity contribution in [3.8, 4) is 0 Å². The molecule has 0 fully saturated rings.